The maximum absolute atomic E-state index is 12.2. The minimum Gasteiger partial charge on any atom is -0.354 e. The number of fused-ring (bicyclic) bond motifs is 1. The molecule has 1 aromatic heterocycles. The van der Waals surface area contributed by atoms with Gasteiger partial charge in [-0.3, -0.25) is 14.7 Å². The van der Waals surface area contributed by atoms with Crippen LogP contribution in [0.4, 0.5) is 0 Å². The third-order valence-electron chi connectivity index (χ3n) is 3.74. The van der Waals surface area contributed by atoms with Gasteiger partial charge in [0.1, 0.15) is 0 Å². The lowest BCUT2D eigenvalue weighted by Gasteiger charge is -2.06. The van der Waals surface area contributed by atoms with E-state index >= 15 is 0 Å². The molecule has 128 valence electrons. The predicted molar refractivity (Wildman–Crippen MR) is 96.6 cm³/mol. The molecule has 3 aromatic rings. The van der Waals surface area contributed by atoms with E-state index in [9.17, 15) is 9.59 Å². The second-order valence-corrected chi connectivity index (χ2v) is 5.96. The summed E-state index contributed by atoms with van der Waals surface area (Å²) in [6.07, 6.45) is 0.695. The smallest absolute Gasteiger partial charge is 0.272 e. The molecule has 3 rings (SSSR count). The van der Waals surface area contributed by atoms with Gasteiger partial charge >= 0.3 is 0 Å². The molecule has 7 heteroatoms. The van der Waals surface area contributed by atoms with Crippen LogP contribution >= 0.6 is 11.6 Å². The number of hydrogen-bond donors (Lipinski definition) is 3. The summed E-state index contributed by atoms with van der Waals surface area (Å²) in [7, 11) is 0. The fourth-order valence-corrected chi connectivity index (χ4v) is 2.57. The predicted octanol–water partition coefficient (Wildman–Crippen LogP) is 2.30. The van der Waals surface area contributed by atoms with Gasteiger partial charge in [-0.25, -0.2) is 0 Å². The monoisotopic (exact) mass is 356 g/mol. The van der Waals surface area contributed by atoms with E-state index in [1.54, 1.807) is 6.07 Å². The molecule has 2 amide bonds. The quantitative estimate of drug-likeness (QED) is 0.633. The lowest BCUT2D eigenvalue weighted by atomic mass is 10.1. The molecule has 0 unspecified atom stereocenters. The number of nitrogens with one attached hydrogen (secondary N) is 3. The Morgan fingerprint density at radius 2 is 1.80 bits per heavy atom. The van der Waals surface area contributed by atoms with Crippen LogP contribution in [-0.2, 0) is 11.2 Å². The molecule has 25 heavy (non-hydrogen) atoms. The Morgan fingerprint density at radius 1 is 1.04 bits per heavy atom. The molecule has 0 bridgehead atoms. The van der Waals surface area contributed by atoms with Crippen molar-refractivity contribution in [3.8, 4) is 0 Å². The van der Waals surface area contributed by atoms with Gasteiger partial charge in [0.25, 0.3) is 5.91 Å². The summed E-state index contributed by atoms with van der Waals surface area (Å²) in [5.41, 5.74) is 2.14. The topological polar surface area (TPSA) is 86.9 Å². The SMILES string of the molecule is O=C(CNC(=O)c1n[nH]c2ccccc12)NCCc1ccc(Cl)cc1. The maximum atomic E-state index is 12.2. The number of amides is 2. The Bertz CT molecular complexity index is 889. The molecule has 3 N–H and O–H groups in total. The molecule has 0 radical (unpaired) electrons. The summed E-state index contributed by atoms with van der Waals surface area (Å²) >= 11 is 5.83. The number of aromatic amines is 1. The Labute approximate surface area is 149 Å². The first-order valence-corrected chi connectivity index (χ1v) is 8.24. The fourth-order valence-electron chi connectivity index (χ4n) is 2.44. The van der Waals surface area contributed by atoms with Gasteiger partial charge in [-0.05, 0) is 30.2 Å². The number of para-hydroxylation sites is 1. The van der Waals surface area contributed by atoms with Gasteiger partial charge in [0.2, 0.25) is 5.91 Å². The van der Waals surface area contributed by atoms with Gasteiger partial charge < -0.3 is 10.6 Å². The summed E-state index contributed by atoms with van der Waals surface area (Å²) in [6, 6.07) is 14.8. The summed E-state index contributed by atoms with van der Waals surface area (Å²) in [4.78, 5) is 24.0. The third-order valence-corrected chi connectivity index (χ3v) is 4.00. The molecule has 0 aliphatic rings. The number of carbonyl (C=O) groups excluding carboxylic acids is 2. The normalized spacial score (nSPS) is 10.6. The summed E-state index contributed by atoms with van der Waals surface area (Å²) in [5.74, 6) is -0.632. The number of H-pyrrole nitrogens is 1. The second-order valence-electron chi connectivity index (χ2n) is 5.53. The second kappa shape index (κ2) is 7.81. The van der Waals surface area contributed by atoms with Gasteiger partial charge in [0.05, 0.1) is 12.1 Å². The lowest BCUT2D eigenvalue weighted by Crippen LogP contribution is -2.37. The van der Waals surface area contributed by atoms with Crippen LogP contribution in [0.15, 0.2) is 48.5 Å². The van der Waals surface area contributed by atoms with Crippen molar-refractivity contribution >= 4 is 34.3 Å². The zero-order valence-corrected chi connectivity index (χ0v) is 14.1. The van der Waals surface area contributed by atoms with Gasteiger partial charge in [0.15, 0.2) is 5.69 Å². The molecule has 0 atom stereocenters. The number of nitrogens with zero attached hydrogens (tertiary/aromatic N) is 1. The summed E-state index contributed by atoms with van der Waals surface area (Å²) < 4.78 is 0. The Balaban J connectivity index is 1.45. The van der Waals surface area contributed by atoms with Gasteiger partial charge in [-0.2, -0.15) is 5.10 Å². The van der Waals surface area contributed by atoms with Crippen LogP contribution in [0.25, 0.3) is 10.9 Å². The zero-order chi connectivity index (χ0) is 17.6. The summed E-state index contributed by atoms with van der Waals surface area (Å²) in [6.45, 7) is 0.391. The molecule has 1 heterocycles. The van der Waals surface area contributed by atoms with Gasteiger partial charge in [-0.15, -0.1) is 0 Å². The molecule has 0 fully saturated rings. The Hall–Kier alpha value is -2.86. The number of aromatic nitrogens is 2. The minimum atomic E-state index is -0.384. The number of rotatable bonds is 6. The lowest BCUT2D eigenvalue weighted by molar-refractivity contribution is -0.120. The van der Waals surface area contributed by atoms with Crippen molar-refractivity contribution in [2.24, 2.45) is 0 Å². The van der Waals surface area contributed by atoms with E-state index in [0.717, 1.165) is 16.5 Å². The van der Waals surface area contributed by atoms with E-state index in [-0.39, 0.29) is 24.1 Å². The molecular weight excluding hydrogens is 340 g/mol. The molecule has 0 saturated carbocycles. The Kier molecular flexibility index (Phi) is 5.30. The third kappa shape index (κ3) is 4.36. The highest BCUT2D eigenvalue weighted by molar-refractivity contribution is 6.30. The van der Waals surface area contributed by atoms with Crippen LogP contribution in [0.2, 0.25) is 5.02 Å². The highest BCUT2D eigenvalue weighted by Gasteiger charge is 2.14. The van der Waals surface area contributed by atoms with Crippen LogP contribution in [0.3, 0.4) is 0 Å². The largest absolute Gasteiger partial charge is 0.354 e. The number of halogens is 1. The fraction of sp³-hybridized carbons (Fsp3) is 0.167. The first kappa shape index (κ1) is 17.0. The first-order valence-electron chi connectivity index (χ1n) is 7.86. The van der Waals surface area contributed by atoms with E-state index < -0.39 is 0 Å². The zero-order valence-electron chi connectivity index (χ0n) is 13.4. The minimum absolute atomic E-state index is 0.0966. The number of carbonyl (C=O) groups is 2. The molecule has 2 aromatic carbocycles. The van der Waals surface area contributed by atoms with Crippen molar-refractivity contribution in [3.63, 3.8) is 0 Å². The molecular formula is C18H17ClN4O2. The van der Waals surface area contributed by atoms with Crippen molar-refractivity contribution in [1.82, 2.24) is 20.8 Å². The molecule has 0 spiro atoms. The van der Waals surface area contributed by atoms with E-state index in [0.29, 0.717) is 18.0 Å². The summed E-state index contributed by atoms with van der Waals surface area (Å²) in [5, 5.41) is 13.6. The standard InChI is InChI=1S/C18H17ClN4O2/c19-13-7-5-12(6-8-13)9-10-20-16(24)11-21-18(25)17-14-3-1-2-4-15(14)22-23-17/h1-8H,9-11H2,(H,20,24)(H,21,25)(H,22,23). The van der Waals surface area contributed by atoms with E-state index in [1.807, 2.05) is 42.5 Å². The highest BCUT2D eigenvalue weighted by atomic mass is 35.5. The average Bonchev–Trinajstić information content (AvgIpc) is 3.05. The van der Waals surface area contributed by atoms with Crippen molar-refractivity contribution in [2.45, 2.75) is 6.42 Å². The van der Waals surface area contributed by atoms with Crippen molar-refractivity contribution in [3.05, 3.63) is 64.8 Å². The molecule has 0 aliphatic heterocycles. The number of benzene rings is 2. The van der Waals surface area contributed by atoms with Crippen molar-refractivity contribution in [1.29, 1.82) is 0 Å². The van der Waals surface area contributed by atoms with Crippen LogP contribution in [0.5, 0.6) is 0 Å². The van der Waals surface area contributed by atoms with Crippen molar-refractivity contribution < 1.29 is 9.59 Å². The molecule has 0 saturated heterocycles. The van der Waals surface area contributed by atoms with E-state index in [1.165, 1.54) is 0 Å². The number of hydrogen-bond acceptors (Lipinski definition) is 3. The first-order chi connectivity index (χ1) is 12.1. The van der Waals surface area contributed by atoms with Crippen molar-refractivity contribution in [2.75, 3.05) is 13.1 Å². The maximum Gasteiger partial charge on any atom is 0.272 e. The molecule has 6 nitrogen and oxygen atoms in total. The van der Waals surface area contributed by atoms with Crippen LogP contribution < -0.4 is 10.6 Å². The average molecular weight is 357 g/mol. The Morgan fingerprint density at radius 3 is 2.60 bits per heavy atom. The van der Waals surface area contributed by atoms with E-state index in [4.69, 9.17) is 11.6 Å². The molecule has 0 aliphatic carbocycles. The van der Waals surface area contributed by atoms with Crippen LogP contribution in [-0.4, -0.2) is 35.1 Å². The van der Waals surface area contributed by atoms with E-state index in [2.05, 4.69) is 20.8 Å². The highest BCUT2D eigenvalue weighted by Crippen LogP contribution is 2.14. The van der Waals surface area contributed by atoms with Gasteiger partial charge in [-0.1, -0.05) is 41.9 Å². The van der Waals surface area contributed by atoms with Crippen LogP contribution in [0, 0.1) is 0 Å². The van der Waals surface area contributed by atoms with Gasteiger partial charge in [0, 0.05) is 17.0 Å². The van der Waals surface area contributed by atoms with Crippen LogP contribution in [0.1, 0.15) is 16.1 Å².